The van der Waals surface area contributed by atoms with Crippen molar-refractivity contribution in [2.24, 2.45) is 17.8 Å². The third kappa shape index (κ3) is 36.4. The highest BCUT2D eigenvalue weighted by Crippen LogP contribution is 2.26. The number of hydrogen-bond donors (Lipinski definition) is 10. The maximum Gasteiger partial charge on any atom is 0.419 e. The average Bonchev–Trinajstić information content (AvgIpc) is 1.63. The zero-order valence-electron chi connectivity index (χ0n) is 82.5. The van der Waals surface area contributed by atoms with E-state index in [4.69, 9.17) is 43.0 Å². The van der Waals surface area contributed by atoms with Crippen molar-refractivity contribution in [3.63, 3.8) is 0 Å². The van der Waals surface area contributed by atoms with E-state index in [0.29, 0.717) is 32.2 Å². The van der Waals surface area contributed by atoms with Gasteiger partial charge >= 0.3 is 84.5 Å². The van der Waals surface area contributed by atoms with Gasteiger partial charge in [-0.15, -0.1) is 6.58 Å². The number of carbonyl (C=O) groups excluding carboxylic acids is 19. The Morgan fingerprint density at radius 3 is 1.13 bits per heavy atom. The molecule has 6 aromatic carbocycles. The van der Waals surface area contributed by atoms with E-state index in [1.165, 1.54) is 6.08 Å². The number of nitrogens with one attached hydrogen (secondary N) is 9. The molecule has 44 nitrogen and oxygen atoms in total. The number of esters is 3. The summed E-state index contributed by atoms with van der Waals surface area (Å²) in [5, 5.41) is 31.5. The predicted octanol–water partition coefficient (Wildman–Crippen LogP) is 9.65. The van der Waals surface area contributed by atoms with Crippen LogP contribution in [-0.2, 0) is 125 Å². The van der Waals surface area contributed by atoms with Gasteiger partial charge in [-0.25, -0.2) is 96.5 Å². The van der Waals surface area contributed by atoms with Crippen LogP contribution in [0.5, 0.6) is 0 Å². The lowest BCUT2D eigenvalue weighted by Gasteiger charge is -2.29. The first kappa shape index (κ1) is 118. The molecule has 782 valence electrons. The van der Waals surface area contributed by atoms with Gasteiger partial charge in [0, 0.05) is 13.1 Å². The molecule has 5 aliphatic heterocycles. The van der Waals surface area contributed by atoms with Gasteiger partial charge in [0.25, 0.3) is 17.7 Å². The van der Waals surface area contributed by atoms with Crippen LogP contribution in [0.3, 0.4) is 0 Å². The first-order valence-corrected chi connectivity index (χ1v) is 46.2. The van der Waals surface area contributed by atoms with E-state index in [1.807, 2.05) is 124 Å². The number of nitrogens with zero attached hydrogens (tertiary/aromatic N) is 6. The molecule has 7 unspecified atom stereocenters. The second-order valence-electron chi connectivity index (χ2n) is 35.8. The lowest BCUT2D eigenvalue weighted by molar-refractivity contribution is -0.153. The number of ketones is 1. The summed E-state index contributed by atoms with van der Waals surface area (Å²) in [5.74, 6) is -8.87. The maximum atomic E-state index is 13.7. The van der Waals surface area contributed by atoms with Crippen LogP contribution in [0.25, 0.3) is 0 Å². The first-order valence-electron chi connectivity index (χ1n) is 46.2. The van der Waals surface area contributed by atoms with Crippen LogP contribution in [0, 0.1) is 17.8 Å². The third-order valence-electron chi connectivity index (χ3n) is 21.3. The van der Waals surface area contributed by atoms with Gasteiger partial charge in [0.1, 0.15) is 75.0 Å². The van der Waals surface area contributed by atoms with E-state index < -0.39 is 198 Å². The molecule has 145 heavy (non-hydrogen) atoms. The zero-order chi connectivity index (χ0) is 106. The normalized spacial score (nSPS) is 16.8. The number of carboxylic acids is 1. The Labute approximate surface area is 839 Å². The molecule has 6 aromatic rings. The lowest BCUT2D eigenvalue weighted by atomic mass is 10.0. The highest BCUT2D eigenvalue weighted by molar-refractivity contribution is 6.38. The van der Waals surface area contributed by atoms with Gasteiger partial charge in [0.15, 0.2) is 18.1 Å². The monoisotopic (exact) mass is 2020 g/mol. The summed E-state index contributed by atoms with van der Waals surface area (Å²) in [4.78, 5) is 252. The van der Waals surface area contributed by atoms with E-state index in [2.05, 4.69) is 54.4 Å². The SMILES string of the molecule is C.C=CCNC(=O)C(=O)C(CCC)NC(=O)C1CNC(=O)N1C(=O)C(NC)C(C)C.CC(C)C(NC(=O)OC(C)(C)C)C(=O)N1C(=O)N(C(=O)OCc2ccccc2)CC1C(=O)OCc1ccccc1.CC(C)C(NC(=O)OC(C)(C)C)C(=O)N1C(=O)NCC1C(=O)O.O=C(OCc1ccccc1)[C@@H]1CN(C(=O)OCc2ccccc2)C(=O)N1.O=C(OCc1ccccc1)[C@@H]1CNC(=O)N1C(=O)OCc1ccccc1. The van der Waals surface area contributed by atoms with Crippen molar-refractivity contribution < 1.29 is 139 Å². The number of rotatable bonds is 33. The molecule has 5 fully saturated rings. The molecule has 20 amide bonds. The number of likely N-dealkylation sites (N-methyl/N-ethyl adjacent to an activating group) is 1. The summed E-state index contributed by atoms with van der Waals surface area (Å²) in [7, 11) is 1.60. The van der Waals surface area contributed by atoms with Crippen molar-refractivity contribution in [1.82, 2.24) is 77.3 Å². The number of urea groups is 5. The molecule has 10 N–H and O–H groups in total. The van der Waals surface area contributed by atoms with Crippen molar-refractivity contribution >= 4 is 120 Å². The average molecular weight is 2020 g/mol. The number of hydrogen-bond acceptors (Lipinski definition) is 29. The van der Waals surface area contributed by atoms with Crippen LogP contribution in [0.2, 0.25) is 0 Å². The summed E-state index contributed by atoms with van der Waals surface area (Å²) in [6, 6.07) is 40.6. The van der Waals surface area contributed by atoms with Gasteiger partial charge in [-0.1, -0.05) is 250 Å². The molecule has 9 atom stereocenters. The number of benzene rings is 6. The molecular weight excluding hydrogens is 1890 g/mol. The molecule has 5 aliphatic rings. The highest BCUT2D eigenvalue weighted by atomic mass is 16.6. The van der Waals surface area contributed by atoms with Gasteiger partial charge in [0.05, 0.1) is 38.3 Å². The van der Waals surface area contributed by atoms with Gasteiger partial charge < -0.3 is 90.9 Å². The minimum atomic E-state index is -1.45. The Morgan fingerprint density at radius 2 is 0.759 bits per heavy atom. The number of imide groups is 6. The molecule has 44 heteroatoms. The molecule has 0 aliphatic carbocycles. The fourth-order valence-electron chi connectivity index (χ4n) is 14.0. The van der Waals surface area contributed by atoms with E-state index >= 15 is 0 Å². The minimum Gasteiger partial charge on any atom is -0.480 e. The third-order valence-corrected chi connectivity index (χ3v) is 21.3. The van der Waals surface area contributed by atoms with Crippen LogP contribution in [0.1, 0.15) is 144 Å². The number of ether oxygens (including phenoxy) is 8. The summed E-state index contributed by atoms with van der Waals surface area (Å²) in [5.41, 5.74) is 3.05. The van der Waals surface area contributed by atoms with Crippen LogP contribution < -0.4 is 47.9 Å². The molecule has 0 radical (unpaired) electrons. The summed E-state index contributed by atoms with van der Waals surface area (Å²) < 4.78 is 41.7. The summed E-state index contributed by atoms with van der Waals surface area (Å²) in [6.45, 7) is 24.9. The largest absolute Gasteiger partial charge is 0.480 e. The van der Waals surface area contributed by atoms with Crippen molar-refractivity contribution in [3.8, 4) is 0 Å². The fourth-order valence-corrected chi connectivity index (χ4v) is 14.0. The number of carbonyl (C=O) groups is 20. The van der Waals surface area contributed by atoms with E-state index in [0.717, 1.165) is 37.0 Å². The first-order chi connectivity index (χ1) is 68.3. The molecule has 11 rings (SSSR count). The molecule has 0 bridgehead atoms. The Bertz CT molecular complexity index is 5460. The van der Waals surface area contributed by atoms with E-state index in [1.54, 1.807) is 155 Å². The Balaban J connectivity index is 0.000000281. The Kier molecular flexibility index (Phi) is 46.2. The maximum absolute atomic E-state index is 13.7. The predicted molar refractivity (Wildman–Crippen MR) is 521 cm³/mol. The fraction of sp³-hybridized carbons (Fsp3) is 0.426. The highest BCUT2D eigenvalue weighted by Gasteiger charge is 2.53. The van der Waals surface area contributed by atoms with Gasteiger partial charge in [0.2, 0.25) is 17.6 Å². The Morgan fingerprint density at radius 1 is 0.421 bits per heavy atom. The summed E-state index contributed by atoms with van der Waals surface area (Å²) in [6.07, 6.45) is -2.15. The van der Waals surface area contributed by atoms with Gasteiger partial charge in [-0.05, 0) is 106 Å². The van der Waals surface area contributed by atoms with Crippen LogP contribution in [0.4, 0.5) is 47.9 Å². The summed E-state index contributed by atoms with van der Waals surface area (Å²) >= 11 is 0. The van der Waals surface area contributed by atoms with Crippen molar-refractivity contribution in [2.75, 3.05) is 46.3 Å². The molecule has 0 saturated carbocycles. The van der Waals surface area contributed by atoms with E-state index in [-0.39, 0.29) is 98.0 Å². The van der Waals surface area contributed by atoms with Gasteiger partial charge in [-0.3, -0.25) is 28.8 Å². The van der Waals surface area contributed by atoms with Crippen molar-refractivity contribution in [3.05, 3.63) is 228 Å². The molecular formula is C101H129N15O29. The minimum absolute atomic E-state index is 0. The number of amides is 20. The van der Waals surface area contributed by atoms with Crippen molar-refractivity contribution in [2.45, 2.75) is 215 Å². The van der Waals surface area contributed by atoms with Crippen LogP contribution >= 0.6 is 0 Å². The molecule has 0 aromatic heterocycles. The molecule has 5 heterocycles. The number of Topliss-reactive ketones (excluding diaryl/α,β-unsaturated/α-hetero) is 1. The number of carboxylic acid groups (broad SMARTS) is 1. The molecule has 5 saturated heterocycles. The van der Waals surface area contributed by atoms with Gasteiger partial charge in [-0.2, -0.15) is 0 Å². The van der Waals surface area contributed by atoms with Crippen LogP contribution in [-0.4, -0.2) is 266 Å². The number of aliphatic carboxylic acids is 1. The number of alkyl carbamates (subject to hydrolysis) is 2. The standard InChI is InChI=1S/C29H35N3O8.C19H31N5O5.2C19H18N2O5.C14H23N3O6.CH4/c1-19(2)23(30-26(35)40-29(3,4)5)24(33)32-22(25(34)38-17-20-12-8-6-9-13-20)16-31(27(32)36)28(37)39-18-21-14-10-7-11-15-21;1-6-8-12(15(25)17(27)21-9-7-2)23-16(26)13-10-22-19(29)24(13)18(28)14(20-5)11(3)4;22-17(25-12-14-7-3-1-4-8-14)16-11-21(18(23)20-16)19(24)26-13-15-9-5-2-6-10-15;22-17(25-12-14-7-3-1-4-8-14)16-11-20-18(23)21(16)19(24)26-13-15-9-5-2-6-10-15;1-7(2)9(16-13(22)23-14(3,4)5)10(18)17-8(11(19)20)6-15-12(17)21;/h6-15,19,22-23H,16-18H2,1-5H3,(H,30,35);7,11-14,20H,2,6,8-10H2,1,3-5H3,(H,21,27)(H,22,29)(H,23,26);2*1-10,16H,11-13H2,(H,20,23);7-9H,6H2,1-5H3,(H,15,21)(H,16,22)(H,19,20);1H4/t;;2*16-;;/m..00../s1. The smallest absolute Gasteiger partial charge is 0.419 e. The van der Waals surface area contributed by atoms with Crippen molar-refractivity contribution in [1.29, 1.82) is 0 Å². The second-order valence-corrected chi connectivity index (χ2v) is 35.8. The lowest BCUT2D eigenvalue weighted by Crippen LogP contribution is -2.57. The van der Waals surface area contributed by atoms with Crippen LogP contribution in [0.15, 0.2) is 195 Å². The Hall–Kier alpha value is -16.2. The molecule has 0 spiro atoms. The quantitative estimate of drug-likeness (QED) is 0.00792. The zero-order valence-corrected chi connectivity index (χ0v) is 82.5. The topological polar surface area (TPSA) is 563 Å². The second kappa shape index (κ2) is 57.1. The van der Waals surface area contributed by atoms with E-state index in [9.17, 15) is 95.9 Å².